The largest absolute Gasteiger partial charge is 0.393 e. The molecular weight excluding hydrogens is 267 g/mol. The van der Waals surface area contributed by atoms with Gasteiger partial charge in [0.2, 0.25) is 0 Å². The van der Waals surface area contributed by atoms with E-state index in [1.807, 2.05) is 27.7 Å². The van der Waals surface area contributed by atoms with E-state index in [0.29, 0.717) is 5.92 Å². The second-order valence-electron chi connectivity index (χ2n) is 5.72. The number of aliphatic hydroxyl groups is 1. The topological polar surface area (TPSA) is 65.0 Å². The van der Waals surface area contributed by atoms with Crippen LogP contribution in [-0.2, 0) is 18.3 Å². The normalized spacial score (nSPS) is 27.3. The Morgan fingerprint density at radius 2 is 1.79 bits per heavy atom. The van der Waals surface area contributed by atoms with Crippen molar-refractivity contribution in [2.75, 3.05) is 13.0 Å². The van der Waals surface area contributed by atoms with Gasteiger partial charge < -0.3 is 18.9 Å². The second-order valence-corrected chi connectivity index (χ2v) is 7.63. The minimum Gasteiger partial charge on any atom is -0.393 e. The Morgan fingerprint density at radius 1 is 1.26 bits per heavy atom. The van der Waals surface area contributed by atoms with Crippen LogP contribution in [0, 0.1) is 5.92 Å². The summed E-state index contributed by atoms with van der Waals surface area (Å²) in [7, 11) is -3.27. The number of rotatable bonds is 9. The lowest BCUT2D eigenvalue weighted by Crippen LogP contribution is -2.24. The summed E-state index contributed by atoms with van der Waals surface area (Å²) in [6, 6.07) is 0. The van der Waals surface area contributed by atoms with E-state index in [4.69, 9.17) is 13.8 Å². The highest BCUT2D eigenvalue weighted by Crippen LogP contribution is 2.55. The molecule has 0 aromatic heterocycles. The predicted molar refractivity (Wildman–Crippen MR) is 74.2 cm³/mol. The maximum absolute atomic E-state index is 12.6. The maximum atomic E-state index is 12.6. The fourth-order valence-corrected chi connectivity index (χ4v) is 4.10. The first-order valence-electron chi connectivity index (χ1n) is 6.97. The van der Waals surface area contributed by atoms with Gasteiger partial charge in [0, 0.05) is 0 Å². The molecule has 0 aliphatic heterocycles. The third kappa shape index (κ3) is 4.83. The van der Waals surface area contributed by atoms with E-state index in [1.54, 1.807) is 0 Å². The van der Waals surface area contributed by atoms with Crippen LogP contribution < -0.4 is 0 Å². The second kappa shape index (κ2) is 6.68. The molecule has 2 atom stereocenters. The van der Waals surface area contributed by atoms with Gasteiger partial charge >= 0.3 is 7.60 Å². The average Bonchev–Trinajstić information content (AvgIpc) is 2.99. The van der Waals surface area contributed by atoms with E-state index in [2.05, 4.69) is 6.92 Å². The molecule has 1 N–H and O–H groups in total. The van der Waals surface area contributed by atoms with E-state index < -0.39 is 13.2 Å². The average molecular weight is 294 g/mol. The monoisotopic (exact) mass is 294 g/mol. The van der Waals surface area contributed by atoms with Crippen LogP contribution in [0.25, 0.3) is 0 Å². The van der Waals surface area contributed by atoms with Gasteiger partial charge in [0.05, 0.1) is 24.4 Å². The van der Waals surface area contributed by atoms with Crippen LogP contribution in [0.3, 0.4) is 0 Å². The number of hydrogen-bond donors (Lipinski definition) is 1. The molecule has 0 aromatic rings. The smallest absolute Gasteiger partial charge is 0.356 e. The van der Waals surface area contributed by atoms with Crippen molar-refractivity contribution >= 4 is 7.60 Å². The first-order valence-corrected chi connectivity index (χ1v) is 8.70. The van der Waals surface area contributed by atoms with Gasteiger partial charge in [0.1, 0.15) is 6.35 Å². The molecule has 5 nitrogen and oxygen atoms in total. The first kappa shape index (κ1) is 17.1. The Labute approximate surface area is 116 Å². The SMILES string of the molecule is CCC1CC1(CO)OCP(=O)(OC(C)C)OC(C)C. The van der Waals surface area contributed by atoms with Gasteiger partial charge in [-0.2, -0.15) is 0 Å². The third-order valence-corrected chi connectivity index (χ3v) is 5.12. The van der Waals surface area contributed by atoms with Crippen LogP contribution in [-0.4, -0.2) is 35.9 Å². The minimum atomic E-state index is -3.27. The molecule has 1 aliphatic carbocycles. The van der Waals surface area contributed by atoms with Crippen LogP contribution in [0.15, 0.2) is 0 Å². The van der Waals surface area contributed by atoms with Crippen molar-refractivity contribution in [3.63, 3.8) is 0 Å². The molecule has 0 heterocycles. The molecule has 6 heteroatoms. The Morgan fingerprint density at radius 3 is 2.11 bits per heavy atom. The standard InChI is InChI=1S/C13H27O5P/c1-6-12-7-13(12,8-14)16-9-19(15,17-10(2)3)18-11(4)5/h10-12,14H,6-9H2,1-5H3. The highest BCUT2D eigenvalue weighted by Gasteiger charge is 2.55. The third-order valence-electron chi connectivity index (χ3n) is 3.19. The molecule has 2 unspecified atom stereocenters. The van der Waals surface area contributed by atoms with Crippen molar-refractivity contribution in [3.05, 3.63) is 0 Å². The Bertz CT molecular complexity index is 317. The van der Waals surface area contributed by atoms with Crippen LogP contribution in [0.5, 0.6) is 0 Å². The van der Waals surface area contributed by atoms with Crippen LogP contribution in [0.2, 0.25) is 0 Å². The van der Waals surface area contributed by atoms with Gasteiger partial charge in [0.15, 0.2) is 0 Å². The molecule has 0 spiro atoms. The highest BCUT2D eigenvalue weighted by molar-refractivity contribution is 7.53. The van der Waals surface area contributed by atoms with Gasteiger partial charge in [-0.1, -0.05) is 13.3 Å². The Kier molecular flexibility index (Phi) is 6.02. The number of hydrogen-bond acceptors (Lipinski definition) is 5. The van der Waals surface area contributed by atoms with Gasteiger partial charge in [-0.05, 0) is 40.0 Å². The summed E-state index contributed by atoms with van der Waals surface area (Å²) in [5, 5.41) is 9.42. The van der Waals surface area contributed by atoms with Crippen molar-refractivity contribution in [2.45, 2.75) is 65.3 Å². The molecular formula is C13H27O5P. The Hall–Kier alpha value is 0.0700. The fourth-order valence-electron chi connectivity index (χ4n) is 2.23. The highest BCUT2D eigenvalue weighted by atomic mass is 31.2. The quantitative estimate of drug-likeness (QED) is 0.662. The van der Waals surface area contributed by atoms with Crippen molar-refractivity contribution in [1.82, 2.24) is 0 Å². The fraction of sp³-hybridized carbons (Fsp3) is 1.00. The lowest BCUT2D eigenvalue weighted by molar-refractivity contribution is -0.00928. The molecule has 1 fully saturated rings. The summed E-state index contributed by atoms with van der Waals surface area (Å²) in [5.41, 5.74) is -0.537. The Balaban J connectivity index is 2.61. The van der Waals surface area contributed by atoms with E-state index in [1.165, 1.54) is 0 Å². The molecule has 0 saturated heterocycles. The van der Waals surface area contributed by atoms with Crippen molar-refractivity contribution in [2.24, 2.45) is 5.92 Å². The van der Waals surface area contributed by atoms with Crippen LogP contribution >= 0.6 is 7.60 Å². The zero-order chi connectivity index (χ0) is 14.7. The molecule has 114 valence electrons. The lowest BCUT2D eigenvalue weighted by atomic mass is 10.2. The summed E-state index contributed by atoms with van der Waals surface area (Å²) in [4.78, 5) is 0. The zero-order valence-electron chi connectivity index (χ0n) is 12.6. The molecule has 1 aliphatic rings. The molecule has 1 rings (SSSR count). The summed E-state index contributed by atoms with van der Waals surface area (Å²) in [5.74, 6) is 0.337. The van der Waals surface area contributed by atoms with E-state index in [0.717, 1.165) is 12.8 Å². The van der Waals surface area contributed by atoms with Crippen molar-refractivity contribution in [3.8, 4) is 0 Å². The molecule has 0 amide bonds. The van der Waals surface area contributed by atoms with Gasteiger partial charge in [0.25, 0.3) is 0 Å². The zero-order valence-corrected chi connectivity index (χ0v) is 13.5. The van der Waals surface area contributed by atoms with Gasteiger partial charge in [-0.25, -0.2) is 0 Å². The van der Waals surface area contributed by atoms with Gasteiger partial charge in [-0.3, -0.25) is 4.57 Å². The van der Waals surface area contributed by atoms with Crippen molar-refractivity contribution in [1.29, 1.82) is 0 Å². The van der Waals surface area contributed by atoms with E-state index in [9.17, 15) is 9.67 Å². The van der Waals surface area contributed by atoms with E-state index >= 15 is 0 Å². The summed E-state index contributed by atoms with van der Waals surface area (Å²) >= 11 is 0. The molecule has 19 heavy (non-hydrogen) atoms. The molecule has 0 bridgehead atoms. The molecule has 0 aromatic carbocycles. The number of ether oxygens (including phenoxy) is 1. The maximum Gasteiger partial charge on any atom is 0.356 e. The minimum absolute atomic E-state index is 0.0468. The first-order chi connectivity index (χ1) is 8.77. The van der Waals surface area contributed by atoms with E-state index in [-0.39, 0.29) is 25.2 Å². The summed E-state index contributed by atoms with van der Waals surface area (Å²) in [6.07, 6.45) is 1.27. The summed E-state index contributed by atoms with van der Waals surface area (Å²) in [6.45, 7) is 9.25. The molecule has 1 saturated carbocycles. The van der Waals surface area contributed by atoms with Crippen LogP contribution in [0.1, 0.15) is 47.5 Å². The molecule has 0 radical (unpaired) electrons. The number of aliphatic hydroxyl groups excluding tert-OH is 1. The lowest BCUT2D eigenvalue weighted by Gasteiger charge is -2.25. The predicted octanol–water partition coefficient (Wildman–Crippen LogP) is 3.16. The van der Waals surface area contributed by atoms with Crippen molar-refractivity contribution < 1.29 is 23.5 Å². The van der Waals surface area contributed by atoms with Gasteiger partial charge in [-0.15, -0.1) is 0 Å². The summed E-state index contributed by atoms with van der Waals surface area (Å²) < 4.78 is 29.1. The van der Waals surface area contributed by atoms with Crippen LogP contribution in [0.4, 0.5) is 0 Å².